The number of carbonyl (C=O) groups excluding carboxylic acids is 1. The zero-order chi connectivity index (χ0) is 13.1. The molecule has 0 aromatic heterocycles. The van der Waals surface area contributed by atoms with E-state index in [0.717, 1.165) is 32.4 Å². The maximum atomic E-state index is 11.8. The van der Waals surface area contributed by atoms with Gasteiger partial charge >= 0.3 is 0 Å². The topological polar surface area (TPSA) is 50.8 Å². The molecule has 0 aromatic rings. The van der Waals surface area contributed by atoms with Crippen molar-refractivity contribution >= 4 is 5.91 Å². The molecule has 4 atom stereocenters. The van der Waals surface area contributed by atoms with E-state index in [4.69, 9.17) is 9.47 Å². The molecule has 2 aliphatic rings. The monoisotopic (exact) mass is 256 g/mol. The third-order valence-electron chi connectivity index (χ3n) is 3.81. The van der Waals surface area contributed by atoms with Crippen molar-refractivity contribution in [2.45, 2.75) is 50.5 Å². The van der Waals surface area contributed by atoms with Crippen LogP contribution in [0.15, 0.2) is 0 Å². The van der Waals surface area contributed by atoms with Crippen molar-refractivity contribution in [1.82, 2.24) is 10.2 Å². The van der Waals surface area contributed by atoms with Gasteiger partial charge in [-0.3, -0.25) is 4.79 Å². The summed E-state index contributed by atoms with van der Waals surface area (Å²) in [5.41, 5.74) is 0. The first-order valence-corrected chi connectivity index (χ1v) is 6.79. The van der Waals surface area contributed by atoms with Gasteiger partial charge in [-0.05, 0) is 26.2 Å². The van der Waals surface area contributed by atoms with Crippen LogP contribution in [-0.4, -0.2) is 62.4 Å². The summed E-state index contributed by atoms with van der Waals surface area (Å²) in [6.45, 7) is 3.75. The van der Waals surface area contributed by atoms with E-state index < -0.39 is 0 Å². The van der Waals surface area contributed by atoms with Crippen molar-refractivity contribution in [3.63, 3.8) is 0 Å². The summed E-state index contributed by atoms with van der Waals surface area (Å²) in [5, 5.41) is 3.49. The van der Waals surface area contributed by atoms with E-state index in [0.29, 0.717) is 6.04 Å². The predicted molar refractivity (Wildman–Crippen MR) is 68.4 cm³/mol. The van der Waals surface area contributed by atoms with Gasteiger partial charge in [0.05, 0.1) is 12.2 Å². The van der Waals surface area contributed by atoms with Crippen molar-refractivity contribution in [3.05, 3.63) is 0 Å². The molecule has 0 spiro atoms. The summed E-state index contributed by atoms with van der Waals surface area (Å²) < 4.78 is 11.3. The SMILES string of the molecule is CC1OCCC1NCC1CCC(C(=O)N(C)C)O1. The van der Waals surface area contributed by atoms with Crippen LogP contribution in [0, 0.1) is 0 Å². The van der Waals surface area contributed by atoms with Crippen molar-refractivity contribution in [3.8, 4) is 0 Å². The Morgan fingerprint density at radius 2 is 2.11 bits per heavy atom. The van der Waals surface area contributed by atoms with E-state index in [1.54, 1.807) is 19.0 Å². The molecule has 104 valence electrons. The first-order chi connectivity index (χ1) is 8.58. The zero-order valence-electron chi connectivity index (χ0n) is 11.5. The van der Waals surface area contributed by atoms with Crippen molar-refractivity contribution in [2.75, 3.05) is 27.2 Å². The van der Waals surface area contributed by atoms with Crippen LogP contribution in [0.3, 0.4) is 0 Å². The Morgan fingerprint density at radius 1 is 1.33 bits per heavy atom. The normalized spacial score (nSPS) is 35.9. The highest BCUT2D eigenvalue weighted by Crippen LogP contribution is 2.21. The van der Waals surface area contributed by atoms with E-state index in [1.165, 1.54) is 0 Å². The molecule has 2 saturated heterocycles. The van der Waals surface area contributed by atoms with Gasteiger partial charge in [0, 0.05) is 33.3 Å². The lowest BCUT2D eigenvalue weighted by molar-refractivity contribution is -0.140. The van der Waals surface area contributed by atoms with Crippen molar-refractivity contribution < 1.29 is 14.3 Å². The predicted octanol–water partition coefficient (Wildman–Crippen LogP) is 0.389. The number of hydrogen-bond acceptors (Lipinski definition) is 4. The average Bonchev–Trinajstić information content (AvgIpc) is 2.94. The van der Waals surface area contributed by atoms with Gasteiger partial charge in [-0.25, -0.2) is 0 Å². The molecule has 0 radical (unpaired) electrons. The fourth-order valence-electron chi connectivity index (χ4n) is 2.61. The van der Waals surface area contributed by atoms with Crippen LogP contribution in [0.5, 0.6) is 0 Å². The minimum absolute atomic E-state index is 0.0788. The molecule has 5 nitrogen and oxygen atoms in total. The summed E-state index contributed by atoms with van der Waals surface area (Å²) in [4.78, 5) is 13.4. The Labute approximate surface area is 109 Å². The minimum Gasteiger partial charge on any atom is -0.377 e. The number of amides is 1. The fourth-order valence-corrected chi connectivity index (χ4v) is 2.61. The summed E-state index contributed by atoms with van der Waals surface area (Å²) in [7, 11) is 3.55. The van der Waals surface area contributed by atoms with Crippen LogP contribution < -0.4 is 5.32 Å². The third kappa shape index (κ3) is 3.22. The van der Waals surface area contributed by atoms with Gasteiger partial charge in [0.25, 0.3) is 5.91 Å². The maximum Gasteiger partial charge on any atom is 0.251 e. The molecule has 2 fully saturated rings. The number of nitrogens with one attached hydrogen (secondary N) is 1. The van der Waals surface area contributed by atoms with E-state index in [9.17, 15) is 4.79 Å². The molecule has 5 heteroatoms. The van der Waals surface area contributed by atoms with E-state index >= 15 is 0 Å². The van der Waals surface area contributed by atoms with E-state index in [-0.39, 0.29) is 24.2 Å². The second-order valence-electron chi connectivity index (χ2n) is 5.44. The van der Waals surface area contributed by atoms with Crippen molar-refractivity contribution in [1.29, 1.82) is 0 Å². The quantitative estimate of drug-likeness (QED) is 0.790. The molecule has 2 heterocycles. The lowest BCUT2D eigenvalue weighted by atomic mass is 10.1. The Bertz CT molecular complexity index is 296. The Hall–Kier alpha value is -0.650. The number of hydrogen-bond donors (Lipinski definition) is 1. The molecular formula is C13H24N2O3. The zero-order valence-corrected chi connectivity index (χ0v) is 11.5. The summed E-state index contributed by atoms with van der Waals surface area (Å²) in [5.74, 6) is 0.0788. The van der Waals surface area contributed by atoms with Gasteiger partial charge < -0.3 is 19.7 Å². The summed E-state index contributed by atoms with van der Waals surface area (Å²) in [6.07, 6.45) is 3.05. The highest BCUT2D eigenvalue weighted by Gasteiger charge is 2.32. The highest BCUT2D eigenvalue weighted by molar-refractivity contribution is 5.80. The molecule has 18 heavy (non-hydrogen) atoms. The molecule has 0 saturated carbocycles. The number of rotatable bonds is 4. The van der Waals surface area contributed by atoms with Crippen LogP contribution in [-0.2, 0) is 14.3 Å². The molecule has 2 aliphatic heterocycles. The highest BCUT2D eigenvalue weighted by atomic mass is 16.5. The summed E-state index contributed by atoms with van der Waals surface area (Å²) in [6, 6.07) is 0.428. The lowest BCUT2D eigenvalue weighted by Gasteiger charge is -2.20. The first kappa shape index (κ1) is 13.8. The average molecular weight is 256 g/mol. The Kier molecular flexibility index (Phi) is 4.59. The molecule has 1 N–H and O–H groups in total. The Morgan fingerprint density at radius 3 is 2.72 bits per heavy atom. The molecule has 2 rings (SSSR count). The third-order valence-corrected chi connectivity index (χ3v) is 3.81. The molecule has 4 unspecified atom stereocenters. The smallest absolute Gasteiger partial charge is 0.251 e. The van der Waals surface area contributed by atoms with Gasteiger partial charge in [-0.2, -0.15) is 0 Å². The first-order valence-electron chi connectivity index (χ1n) is 6.79. The van der Waals surface area contributed by atoms with Gasteiger partial charge in [0.15, 0.2) is 0 Å². The lowest BCUT2D eigenvalue weighted by Crippen LogP contribution is -2.40. The number of likely N-dealkylation sites (N-methyl/N-ethyl adjacent to an activating group) is 1. The van der Waals surface area contributed by atoms with E-state index in [2.05, 4.69) is 12.2 Å². The molecule has 1 amide bonds. The Balaban J connectivity index is 1.71. The number of carbonyl (C=O) groups is 1. The van der Waals surface area contributed by atoms with Gasteiger partial charge in [0.2, 0.25) is 0 Å². The fraction of sp³-hybridized carbons (Fsp3) is 0.923. The molecule has 0 aromatic carbocycles. The minimum atomic E-state index is -0.246. The standard InChI is InChI=1S/C13H24N2O3/c1-9-11(6-7-17-9)14-8-10-4-5-12(18-10)13(16)15(2)3/h9-12,14H,4-8H2,1-3H3. The van der Waals surface area contributed by atoms with Crippen LogP contribution in [0.25, 0.3) is 0 Å². The number of nitrogens with zero attached hydrogens (tertiary/aromatic N) is 1. The molecule has 0 bridgehead atoms. The largest absolute Gasteiger partial charge is 0.377 e. The van der Waals surface area contributed by atoms with Gasteiger partial charge in [0.1, 0.15) is 6.10 Å². The number of ether oxygens (including phenoxy) is 2. The van der Waals surface area contributed by atoms with Crippen LogP contribution in [0.2, 0.25) is 0 Å². The van der Waals surface area contributed by atoms with Crippen LogP contribution in [0.4, 0.5) is 0 Å². The molecular weight excluding hydrogens is 232 g/mol. The second kappa shape index (κ2) is 5.99. The second-order valence-corrected chi connectivity index (χ2v) is 5.44. The van der Waals surface area contributed by atoms with Gasteiger partial charge in [-0.15, -0.1) is 0 Å². The van der Waals surface area contributed by atoms with Crippen molar-refractivity contribution in [2.24, 2.45) is 0 Å². The molecule has 0 aliphatic carbocycles. The van der Waals surface area contributed by atoms with E-state index in [1.807, 2.05) is 0 Å². The maximum absolute atomic E-state index is 11.8. The van der Waals surface area contributed by atoms with Crippen LogP contribution in [0.1, 0.15) is 26.2 Å². The van der Waals surface area contributed by atoms with Gasteiger partial charge in [-0.1, -0.05) is 0 Å². The summed E-state index contributed by atoms with van der Waals surface area (Å²) >= 11 is 0. The van der Waals surface area contributed by atoms with Crippen LogP contribution >= 0.6 is 0 Å².